The van der Waals surface area contributed by atoms with Crippen LogP contribution in [-0.4, -0.2) is 49.4 Å². The predicted molar refractivity (Wildman–Crippen MR) is 107 cm³/mol. The summed E-state index contributed by atoms with van der Waals surface area (Å²) in [6.45, 7) is 1.48. The molecule has 152 valence electrons. The van der Waals surface area contributed by atoms with E-state index in [9.17, 15) is 13.2 Å². The van der Waals surface area contributed by atoms with Crippen LogP contribution in [-0.2, 0) is 27.7 Å². The van der Waals surface area contributed by atoms with Crippen LogP contribution in [0, 0.1) is 0 Å². The molecule has 0 radical (unpaired) electrons. The summed E-state index contributed by atoms with van der Waals surface area (Å²) in [5.74, 6) is 0.843. The monoisotopic (exact) mass is 413 g/mol. The lowest BCUT2D eigenvalue weighted by molar-refractivity contribution is -0.118. The molecular weight excluding hydrogens is 390 g/mol. The van der Waals surface area contributed by atoms with Crippen molar-refractivity contribution >= 4 is 21.6 Å². The van der Waals surface area contributed by atoms with Crippen molar-refractivity contribution < 1.29 is 17.9 Å². The van der Waals surface area contributed by atoms with Crippen LogP contribution in [0.2, 0.25) is 0 Å². The van der Waals surface area contributed by atoms with E-state index >= 15 is 0 Å². The van der Waals surface area contributed by atoms with Crippen molar-refractivity contribution in [3.8, 4) is 5.75 Å². The molecule has 1 fully saturated rings. The average molecular weight is 413 g/mol. The van der Waals surface area contributed by atoms with Crippen molar-refractivity contribution in [3.63, 3.8) is 0 Å². The van der Waals surface area contributed by atoms with E-state index in [1.54, 1.807) is 36.7 Å². The van der Waals surface area contributed by atoms with Crippen molar-refractivity contribution in [3.05, 3.63) is 47.8 Å². The number of sulfonamides is 1. The highest BCUT2D eigenvalue weighted by molar-refractivity contribution is 7.89. The number of hydrogen-bond donors (Lipinski definition) is 0. The van der Waals surface area contributed by atoms with Gasteiger partial charge in [-0.15, -0.1) is 0 Å². The zero-order chi connectivity index (χ0) is 20.0. The number of nitrogens with zero attached hydrogens (tertiary/aromatic N) is 3. The summed E-state index contributed by atoms with van der Waals surface area (Å²) in [5.41, 5.74) is 2.88. The molecule has 0 aliphatic carbocycles. The van der Waals surface area contributed by atoms with Gasteiger partial charge in [0.1, 0.15) is 11.9 Å². The van der Waals surface area contributed by atoms with Crippen LogP contribution in [0.3, 0.4) is 0 Å². The molecule has 0 bridgehead atoms. The number of amides is 1. The van der Waals surface area contributed by atoms with Crippen LogP contribution in [0.4, 0.5) is 5.69 Å². The van der Waals surface area contributed by atoms with Gasteiger partial charge in [0.05, 0.1) is 17.1 Å². The lowest BCUT2D eigenvalue weighted by Gasteiger charge is -2.32. The zero-order valence-corrected chi connectivity index (χ0v) is 16.9. The Kier molecular flexibility index (Phi) is 4.55. The minimum absolute atomic E-state index is 0.138. The number of rotatable bonds is 4. The Morgan fingerprint density at radius 3 is 2.59 bits per heavy atom. The first-order valence-electron chi connectivity index (χ1n) is 10.1. The van der Waals surface area contributed by atoms with Gasteiger partial charge in [0.2, 0.25) is 15.9 Å². The molecule has 4 heterocycles. The Hall–Kier alpha value is -2.45. The Labute approximate surface area is 170 Å². The van der Waals surface area contributed by atoms with Crippen molar-refractivity contribution in [2.75, 3.05) is 24.5 Å². The van der Waals surface area contributed by atoms with E-state index in [2.05, 4.69) is 4.98 Å². The van der Waals surface area contributed by atoms with Gasteiger partial charge in [-0.2, -0.15) is 4.31 Å². The number of pyridine rings is 1. The van der Waals surface area contributed by atoms with Gasteiger partial charge in [0, 0.05) is 31.9 Å². The maximum atomic E-state index is 13.4. The van der Waals surface area contributed by atoms with Gasteiger partial charge in [-0.05, 0) is 61.1 Å². The largest absolute Gasteiger partial charge is 0.489 e. The lowest BCUT2D eigenvalue weighted by Crippen LogP contribution is -2.44. The van der Waals surface area contributed by atoms with Gasteiger partial charge in [-0.3, -0.25) is 9.78 Å². The number of piperidine rings is 1. The molecule has 5 rings (SSSR count). The SMILES string of the molecule is O=C1CCc2cc(S(=O)(=O)N3CCC[C@H](Oc4ccncc4)C3)cc3c2N1CC3. The molecule has 3 aliphatic heterocycles. The minimum atomic E-state index is -3.61. The van der Waals surface area contributed by atoms with E-state index in [1.807, 2.05) is 4.90 Å². The van der Waals surface area contributed by atoms with Crippen molar-refractivity contribution in [1.82, 2.24) is 9.29 Å². The highest BCUT2D eigenvalue weighted by Gasteiger charge is 2.36. The van der Waals surface area contributed by atoms with Crippen LogP contribution in [0.1, 0.15) is 30.4 Å². The quantitative estimate of drug-likeness (QED) is 0.767. The molecule has 7 nitrogen and oxygen atoms in total. The standard InChI is InChI=1S/C21H23N3O4S/c25-20-4-3-15-12-19(13-16-7-11-24(20)21(15)16)29(26,27)23-10-1-2-18(14-23)28-17-5-8-22-9-6-17/h5-6,8-9,12-13,18H,1-4,7,10-11,14H2/t18-/m0/s1. The van der Waals surface area contributed by atoms with Gasteiger partial charge >= 0.3 is 0 Å². The van der Waals surface area contributed by atoms with Crippen LogP contribution in [0.25, 0.3) is 0 Å². The van der Waals surface area contributed by atoms with Crippen LogP contribution < -0.4 is 9.64 Å². The van der Waals surface area contributed by atoms with Crippen molar-refractivity contribution in [2.45, 2.75) is 43.1 Å². The summed E-state index contributed by atoms with van der Waals surface area (Å²) in [5, 5.41) is 0. The summed E-state index contributed by atoms with van der Waals surface area (Å²) in [6, 6.07) is 7.10. The topological polar surface area (TPSA) is 79.8 Å². The van der Waals surface area contributed by atoms with Gasteiger partial charge < -0.3 is 9.64 Å². The maximum Gasteiger partial charge on any atom is 0.243 e. The second kappa shape index (κ2) is 7.11. The van der Waals surface area contributed by atoms with Gasteiger partial charge in [-0.25, -0.2) is 8.42 Å². The highest BCUT2D eigenvalue weighted by atomic mass is 32.2. The molecule has 2 aromatic rings. The number of aryl methyl sites for hydroxylation is 1. The molecule has 1 aromatic carbocycles. The number of benzene rings is 1. The number of carbonyl (C=O) groups excluding carboxylic acids is 1. The average Bonchev–Trinajstić information content (AvgIpc) is 3.17. The molecule has 1 saturated heterocycles. The number of aromatic nitrogens is 1. The fourth-order valence-corrected chi connectivity index (χ4v) is 6.17. The number of ether oxygens (including phenoxy) is 1. The van der Waals surface area contributed by atoms with Crippen molar-refractivity contribution in [1.29, 1.82) is 0 Å². The van der Waals surface area contributed by atoms with E-state index < -0.39 is 10.0 Å². The third-order valence-corrected chi connectivity index (χ3v) is 7.80. The van der Waals surface area contributed by atoms with E-state index in [1.165, 1.54) is 4.31 Å². The predicted octanol–water partition coefficient (Wildman–Crippen LogP) is 2.15. The Morgan fingerprint density at radius 2 is 1.79 bits per heavy atom. The molecule has 3 aliphatic rings. The molecule has 29 heavy (non-hydrogen) atoms. The molecule has 8 heteroatoms. The van der Waals surface area contributed by atoms with Gasteiger partial charge in [0.25, 0.3) is 0 Å². The van der Waals surface area contributed by atoms with E-state index in [0.29, 0.717) is 49.5 Å². The van der Waals surface area contributed by atoms with Gasteiger partial charge in [0.15, 0.2) is 0 Å². The van der Waals surface area contributed by atoms with Crippen molar-refractivity contribution in [2.24, 2.45) is 0 Å². The summed E-state index contributed by atoms with van der Waals surface area (Å²) < 4.78 is 34.3. The number of hydrogen-bond acceptors (Lipinski definition) is 5. The van der Waals surface area contributed by atoms with E-state index in [4.69, 9.17) is 4.74 Å². The number of anilines is 1. The van der Waals surface area contributed by atoms with Crippen LogP contribution in [0.15, 0.2) is 41.6 Å². The molecule has 0 spiro atoms. The Bertz CT molecular complexity index is 1060. The van der Waals surface area contributed by atoms with Gasteiger partial charge in [-0.1, -0.05) is 0 Å². The smallest absolute Gasteiger partial charge is 0.243 e. The van der Waals surface area contributed by atoms with E-state index in [0.717, 1.165) is 29.7 Å². The molecule has 1 atom stereocenters. The highest BCUT2D eigenvalue weighted by Crippen LogP contribution is 2.39. The second-order valence-corrected chi connectivity index (χ2v) is 9.75. The molecule has 0 saturated carbocycles. The third kappa shape index (κ3) is 3.30. The normalized spacial score (nSPS) is 21.9. The molecular formula is C21H23N3O4S. The fourth-order valence-electron chi connectivity index (χ4n) is 4.55. The fraction of sp³-hybridized carbons (Fsp3) is 0.429. The summed E-state index contributed by atoms with van der Waals surface area (Å²) in [4.78, 5) is 18.2. The second-order valence-electron chi connectivity index (χ2n) is 7.81. The first-order valence-corrected chi connectivity index (χ1v) is 11.5. The summed E-state index contributed by atoms with van der Waals surface area (Å²) in [6.07, 6.45) is 6.49. The zero-order valence-electron chi connectivity index (χ0n) is 16.1. The summed E-state index contributed by atoms with van der Waals surface area (Å²) >= 11 is 0. The van der Waals surface area contributed by atoms with Crippen LogP contribution in [0.5, 0.6) is 5.75 Å². The summed E-state index contributed by atoms with van der Waals surface area (Å²) in [7, 11) is -3.61. The first-order chi connectivity index (χ1) is 14.0. The Morgan fingerprint density at radius 1 is 1.03 bits per heavy atom. The molecule has 0 unspecified atom stereocenters. The first kappa shape index (κ1) is 18.6. The molecule has 1 amide bonds. The Balaban J connectivity index is 1.40. The maximum absolute atomic E-state index is 13.4. The lowest BCUT2D eigenvalue weighted by atomic mass is 10.00. The molecule has 0 N–H and O–H groups in total. The van der Waals surface area contributed by atoms with E-state index in [-0.39, 0.29) is 12.0 Å². The minimum Gasteiger partial charge on any atom is -0.489 e. The van der Waals surface area contributed by atoms with Crippen LogP contribution >= 0.6 is 0 Å². The number of carbonyl (C=O) groups is 1. The third-order valence-electron chi connectivity index (χ3n) is 5.96. The molecule has 1 aromatic heterocycles.